The molecule has 0 radical (unpaired) electrons. The van der Waals surface area contributed by atoms with Crippen LogP contribution >= 0.6 is 0 Å². The maximum Gasteiger partial charge on any atom is 0.318 e. The van der Waals surface area contributed by atoms with Crippen molar-refractivity contribution in [2.45, 2.75) is 19.5 Å². The van der Waals surface area contributed by atoms with Crippen LogP contribution in [0.4, 0.5) is 16.2 Å². The van der Waals surface area contributed by atoms with Crippen molar-refractivity contribution in [1.82, 2.24) is 5.32 Å². The standard InChI is InChI=1S/C18H22N4O2/c1-13(17(23)21-18(19)24)20-15-8-10-16(11-9-15)22(2)12-14-6-4-3-5-7-14/h3-11,13,20H,12H2,1-2H3,(H3,19,21,23,24). The van der Waals surface area contributed by atoms with Gasteiger partial charge in [0.2, 0.25) is 5.91 Å². The van der Waals surface area contributed by atoms with E-state index >= 15 is 0 Å². The maximum atomic E-state index is 11.7. The molecule has 0 aliphatic rings. The number of anilines is 2. The summed E-state index contributed by atoms with van der Waals surface area (Å²) in [4.78, 5) is 24.5. The molecular weight excluding hydrogens is 304 g/mol. The molecule has 2 aromatic rings. The number of hydrogen-bond acceptors (Lipinski definition) is 4. The molecule has 126 valence electrons. The van der Waals surface area contributed by atoms with Crippen molar-refractivity contribution in [3.05, 3.63) is 60.2 Å². The van der Waals surface area contributed by atoms with Crippen molar-refractivity contribution in [3.63, 3.8) is 0 Å². The lowest BCUT2D eigenvalue weighted by Gasteiger charge is -2.20. The molecule has 0 fully saturated rings. The summed E-state index contributed by atoms with van der Waals surface area (Å²) in [7, 11) is 2.03. The number of carbonyl (C=O) groups is 2. The highest BCUT2D eigenvalue weighted by Gasteiger charge is 2.14. The van der Waals surface area contributed by atoms with E-state index in [1.54, 1.807) is 6.92 Å². The molecule has 0 aromatic heterocycles. The Bertz CT molecular complexity index is 686. The fourth-order valence-corrected chi connectivity index (χ4v) is 2.31. The van der Waals surface area contributed by atoms with Crippen LogP contribution in [0.5, 0.6) is 0 Å². The van der Waals surface area contributed by atoms with Gasteiger partial charge in [0, 0.05) is 25.0 Å². The fraction of sp³-hybridized carbons (Fsp3) is 0.222. The number of hydrogen-bond donors (Lipinski definition) is 3. The average molecular weight is 326 g/mol. The van der Waals surface area contributed by atoms with Crippen molar-refractivity contribution in [3.8, 4) is 0 Å². The zero-order chi connectivity index (χ0) is 17.5. The summed E-state index contributed by atoms with van der Waals surface area (Å²) in [6, 6.07) is 16.5. The number of carbonyl (C=O) groups excluding carboxylic acids is 2. The van der Waals surface area contributed by atoms with Crippen LogP contribution in [0.1, 0.15) is 12.5 Å². The van der Waals surface area contributed by atoms with Crippen LogP contribution in [0.15, 0.2) is 54.6 Å². The number of rotatable bonds is 6. The molecule has 1 unspecified atom stereocenters. The van der Waals surface area contributed by atoms with Gasteiger partial charge in [0.15, 0.2) is 0 Å². The second kappa shape index (κ2) is 8.01. The number of nitrogens with zero attached hydrogens (tertiary/aromatic N) is 1. The van der Waals surface area contributed by atoms with E-state index in [-0.39, 0.29) is 0 Å². The summed E-state index contributed by atoms with van der Waals surface area (Å²) in [6.07, 6.45) is 0. The van der Waals surface area contributed by atoms with Gasteiger partial charge in [-0.1, -0.05) is 30.3 Å². The summed E-state index contributed by atoms with van der Waals surface area (Å²) in [5.74, 6) is -0.465. The average Bonchev–Trinajstić information content (AvgIpc) is 2.55. The second-order valence-electron chi connectivity index (χ2n) is 5.61. The van der Waals surface area contributed by atoms with Crippen LogP contribution < -0.4 is 21.3 Å². The molecule has 24 heavy (non-hydrogen) atoms. The third kappa shape index (κ3) is 5.01. The molecule has 2 aromatic carbocycles. The van der Waals surface area contributed by atoms with E-state index in [2.05, 4.69) is 22.3 Å². The van der Waals surface area contributed by atoms with E-state index in [0.717, 1.165) is 17.9 Å². The normalized spacial score (nSPS) is 11.4. The van der Waals surface area contributed by atoms with E-state index in [1.165, 1.54) is 5.56 Å². The molecule has 0 saturated heterocycles. The van der Waals surface area contributed by atoms with E-state index in [1.807, 2.05) is 54.8 Å². The number of benzene rings is 2. The van der Waals surface area contributed by atoms with Crippen LogP contribution in [0.3, 0.4) is 0 Å². The lowest BCUT2D eigenvalue weighted by molar-refractivity contribution is -0.120. The molecule has 6 nitrogen and oxygen atoms in total. The number of urea groups is 1. The van der Waals surface area contributed by atoms with Crippen LogP contribution in [-0.4, -0.2) is 25.0 Å². The third-order valence-corrected chi connectivity index (χ3v) is 3.59. The van der Waals surface area contributed by atoms with Crippen molar-refractivity contribution in [2.24, 2.45) is 5.73 Å². The molecule has 0 aliphatic heterocycles. The lowest BCUT2D eigenvalue weighted by Crippen LogP contribution is -2.43. The maximum absolute atomic E-state index is 11.7. The van der Waals surface area contributed by atoms with Crippen LogP contribution in [0.2, 0.25) is 0 Å². The summed E-state index contributed by atoms with van der Waals surface area (Å²) in [5, 5.41) is 5.07. The first-order valence-electron chi connectivity index (χ1n) is 7.67. The molecule has 1 atom stereocenters. The minimum atomic E-state index is -0.855. The zero-order valence-electron chi connectivity index (χ0n) is 13.8. The highest BCUT2D eigenvalue weighted by atomic mass is 16.2. The number of nitrogens with two attached hydrogens (primary N) is 1. The first-order chi connectivity index (χ1) is 11.5. The molecule has 0 heterocycles. The van der Waals surface area contributed by atoms with Crippen LogP contribution in [-0.2, 0) is 11.3 Å². The molecule has 6 heteroatoms. The van der Waals surface area contributed by atoms with Crippen molar-refractivity contribution in [2.75, 3.05) is 17.3 Å². The van der Waals surface area contributed by atoms with E-state index in [4.69, 9.17) is 5.73 Å². The lowest BCUT2D eigenvalue weighted by atomic mass is 10.2. The predicted octanol–water partition coefficient (Wildman–Crippen LogP) is 2.32. The number of nitrogens with one attached hydrogen (secondary N) is 2. The molecular formula is C18H22N4O2. The highest BCUT2D eigenvalue weighted by molar-refractivity contribution is 5.97. The minimum absolute atomic E-state index is 0.465. The molecule has 3 amide bonds. The zero-order valence-corrected chi connectivity index (χ0v) is 13.8. The quantitative estimate of drug-likeness (QED) is 0.760. The Morgan fingerprint density at radius 3 is 2.29 bits per heavy atom. The highest BCUT2D eigenvalue weighted by Crippen LogP contribution is 2.19. The van der Waals surface area contributed by atoms with Crippen LogP contribution in [0.25, 0.3) is 0 Å². The summed E-state index contributed by atoms with van der Waals surface area (Å²) in [5.41, 5.74) is 8.03. The van der Waals surface area contributed by atoms with Crippen molar-refractivity contribution in [1.29, 1.82) is 0 Å². The SMILES string of the molecule is CC(Nc1ccc(N(C)Cc2ccccc2)cc1)C(=O)NC(N)=O. The van der Waals surface area contributed by atoms with Crippen molar-refractivity contribution >= 4 is 23.3 Å². The van der Waals surface area contributed by atoms with Crippen LogP contribution in [0, 0.1) is 0 Å². The Kier molecular flexibility index (Phi) is 5.78. The summed E-state index contributed by atoms with van der Waals surface area (Å²) in [6.45, 7) is 2.47. The van der Waals surface area contributed by atoms with E-state index < -0.39 is 18.0 Å². The third-order valence-electron chi connectivity index (χ3n) is 3.59. The summed E-state index contributed by atoms with van der Waals surface area (Å²) >= 11 is 0. The van der Waals surface area contributed by atoms with Gasteiger partial charge in [-0.3, -0.25) is 10.1 Å². The van der Waals surface area contributed by atoms with Gasteiger partial charge in [0.25, 0.3) is 0 Å². The first-order valence-corrected chi connectivity index (χ1v) is 7.67. The van der Waals surface area contributed by atoms with Crippen molar-refractivity contribution < 1.29 is 9.59 Å². The van der Waals surface area contributed by atoms with Gasteiger partial charge in [0.05, 0.1) is 0 Å². The number of imide groups is 1. The molecule has 4 N–H and O–H groups in total. The van der Waals surface area contributed by atoms with E-state index in [0.29, 0.717) is 0 Å². The largest absolute Gasteiger partial charge is 0.374 e. The second-order valence-corrected chi connectivity index (χ2v) is 5.61. The Morgan fingerprint density at radius 2 is 1.71 bits per heavy atom. The fourth-order valence-electron chi connectivity index (χ4n) is 2.31. The van der Waals surface area contributed by atoms with Gasteiger partial charge in [-0.15, -0.1) is 0 Å². The Morgan fingerprint density at radius 1 is 1.08 bits per heavy atom. The molecule has 0 aliphatic carbocycles. The molecule has 2 rings (SSSR count). The van der Waals surface area contributed by atoms with Gasteiger partial charge in [0.1, 0.15) is 6.04 Å². The Balaban J connectivity index is 1.95. The Labute approximate surface area is 141 Å². The van der Waals surface area contributed by atoms with E-state index in [9.17, 15) is 9.59 Å². The summed E-state index contributed by atoms with van der Waals surface area (Å²) < 4.78 is 0. The first kappa shape index (κ1) is 17.3. The molecule has 0 saturated carbocycles. The topological polar surface area (TPSA) is 87.5 Å². The number of primary amides is 1. The predicted molar refractivity (Wildman–Crippen MR) is 95.8 cm³/mol. The smallest absolute Gasteiger partial charge is 0.318 e. The molecule has 0 spiro atoms. The monoisotopic (exact) mass is 326 g/mol. The minimum Gasteiger partial charge on any atom is -0.374 e. The van der Waals surface area contributed by atoms with Gasteiger partial charge in [-0.05, 0) is 36.8 Å². The van der Waals surface area contributed by atoms with Gasteiger partial charge < -0.3 is 16.0 Å². The van der Waals surface area contributed by atoms with Gasteiger partial charge in [-0.2, -0.15) is 0 Å². The Hall–Kier alpha value is -3.02. The number of amides is 3. The van der Waals surface area contributed by atoms with Gasteiger partial charge in [-0.25, -0.2) is 4.79 Å². The molecule has 0 bridgehead atoms. The van der Waals surface area contributed by atoms with Gasteiger partial charge >= 0.3 is 6.03 Å².